The second-order valence-electron chi connectivity index (χ2n) is 4.09. The van der Waals surface area contributed by atoms with E-state index in [4.69, 9.17) is 4.74 Å². The average molecular weight is 293 g/mol. The van der Waals surface area contributed by atoms with Crippen molar-refractivity contribution in [2.75, 3.05) is 12.4 Å². The molecule has 0 radical (unpaired) electrons. The minimum atomic E-state index is -2.91. The highest BCUT2D eigenvalue weighted by Crippen LogP contribution is 2.20. The molecule has 1 amide bonds. The van der Waals surface area contributed by atoms with Gasteiger partial charge >= 0.3 is 6.61 Å². The van der Waals surface area contributed by atoms with Crippen molar-refractivity contribution in [2.45, 2.75) is 6.61 Å². The zero-order valence-corrected chi connectivity index (χ0v) is 11.2. The predicted molar refractivity (Wildman–Crippen MR) is 74.0 cm³/mol. The van der Waals surface area contributed by atoms with E-state index >= 15 is 0 Å². The summed E-state index contributed by atoms with van der Waals surface area (Å²) in [5.41, 5.74) is 0.796. The van der Waals surface area contributed by atoms with Crippen LogP contribution in [0.25, 0.3) is 0 Å². The lowest BCUT2D eigenvalue weighted by Crippen LogP contribution is -2.12. The third-order valence-electron chi connectivity index (χ3n) is 2.67. The number of methoxy groups -OCH3 is 1. The Balaban J connectivity index is 2.07. The highest BCUT2D eigenvalue weighted by molar-refractivity contribution is 6.04. The summed E-state index contributed by atoms with van der Waals surface area (Å²) in [6.45, 7) is -2.91. The van der Waals surface area contributed by atoms with Crippen molar-refractivity contribution in [3.05, 3.63) is 54.1 Å². The van der Waals surface area contributed by atoms with E-state index in [1.54, 1.807) is 30.3 Å². The third kappa shape index (κ3) is 4.17. The lowest BCUT2D eigenvalue weighted by atomic mass is 10.2. The van der Waals surface area contributed by atoms with E-state index < -0.39 is 6.61 Å². The van der Waals surface area contributed by atoms with Gasteiger partial charge in [0.2, 0.25) is 0 Å². The summed E-state index contributed by atoms with van der Waals surface area (Å²) in [4.78, 5) is 12.0. The maximum atomic E-state index is 12.1. The van der Waals surface area contributed by atoms with Crippen LogP contribution in [0.5, 0.6) is 11.5 Å². The number of amides is 1. The summed E-state index contributed by atoms with van der Waals surface area (Å²) < 4.78 is 33.5. The normalized spacial score (nSPS) is 10.3. The molecule has 0 bridgehead atoms. The number of carbonyl (C=O) groups is 1. The highest BCUT2D eigenvalue weighted by Gasteiger charge is 2.08. The van der Waals surface area contributed by atoms with Gasteiger partial charge in [-0.2, -0.15) is 8.78 Å². The molecule has 2 aromatic rings. The average Bonchev–Trinajstić information content (AvgIpc) is 2.47. The number of nitrogens with one attached hydrogen (secondary N) is 1. The zero-order chi connectivity index (χ0) is 15.2. The van der Waals surface area contributed by atoms with Gasteiger partial charge < -0.3 is 14.8 Å². The number of rotatable bonds is 5. The van der Waals surface area contributed by atoms with Gasteiger partial charge in [-0.15, -0.1) is 0 Å². The van der Waals surface area contributed by atoms with Crippen LogP contribution in [0.15, 0.2) is 48.5 Å². The number of halogens is 2. The van der Waals surface area contributed by atoms with Gasteiger partial charge in [0.15, 0.2) is 0 Å². The summed E-state index contributed by atoms with van der Waals surface area (Å²) >= 11 is 0. The molecule has 0 heterocycles. The molecule has 0 unspecified atom stereocenters. The summed E-state index contributed by atoms with van der Waals surface area (Å²) in [6.07, 6.45) is 0. The van der Waals surface area contributed by atoms with Gasteiger partial charge in [0.1, 0.15) is 11.5 Å². The fourth-order valence-corrected chi connectivity index (χ4v) is 1.70. The van der Waals surface area contributed by atoms with Gasteiger partial charge in [-0.3, -0.25) is 4.79 Å². The lowest BCUT2D eigenvalue weighted by Gasteiger charge is -2.08. The van der Waals surface area contributed by atoms with Crippen molar-refractivity contribution >= 4 is 11.6 Å². The topological polar surface area (TPSA) is 47.6 Å². The van der Waals surface area contributed by atoms with Crippen molar-refractivity contribution in [1.29, 1.82) is 0 Å². The third-order valence-corrected chi connectivity index (χ3v) is 2.67. The van der Waals surface area contributed by atoms with E-state index in [1.165, 1.54) is 25.3 Å². The summed E-state index contributed by atoms with van der Waals surface area (Å²) in [5.74, 6) is 0.267. The van der Waals surface area contributed by atoms with Gasteiger partial charge in [-0.25, -0.2) is 0 Å². The van der Waals surface area contributed by atoms with Gasteiger partial charge in [0, 0.05) is 17.3 Å². The number of hydrogen-bond donors (Lipinski definition) is 1. The molecule has 0 aliphatic carbocycles. The maximum Gasteiger partial charge on any atom is 0.387 e. The van der Waals surface area contributed by atoms with E-state index in [1.807, 2.05) is 0 Å². The zero-order valence-electron chi connectivity index (χ0n) is 11.2. The first kappa shape index (κ1) is 14.8. The molecule has 6 heteroatoms. The Morgan fingerprint density at radius 3 is 2.43 bits per heavy atom. The number of hydrogen-bond acceptors (Lipinski definition) is 3. The van der Waals surface area contributed by atoms with Gasteiger partial charge in [-0.05, 0) is 36.4 Å². The minimum absolute atomic E-state index is 0.0162. The number of benzene rings is 2. The maximum absolute atomic E-state index is 12.1. The Labute approximate surface area is 120 Å². The van der Waals surface area contributed by atoms with E-state index in [-0.39, 0.29) is 11.7 Å². The molecule has 21 heavy (non-hydrogen) atoms. The number of ether oxygens (including phenoxy) is 2. The molecule has 0 atom stereocenters. The van der Waals surface area contributed by atoms with Gasteiger partial charge in [0.25, 0.3) is 5.91 Å². The Bertz CT molecular complexity index is 615. The van der Waals surface area contributed by atoms with Crippen LogP contribution in [-0.2, 0) is 0 Å². The molecule has 0 saturated heterocycles. The fraction of sp³-hybridized carbons (Fsp3) is 0.133. The molecule has 0 aromatic heterocycles. The molecule has 0 spiro atoms. The molecule has 110 valence electrons. The molecular formula is C15H13F2NO3. The van der Waals surface area contributed by atoms with E-state index in [0.29, 0.717) is 17.0 Å². The van der Waals surface area contributed by atoms with E-state index in [9.17, 15) is 13.6 Å². The second kappa shape index (κ2) is 6.69. The Kier molecular flexibility index (Phi) is 4.71. The molecule has 1 N–H and O–H groups in total. The summed E-state index contributed by atoms with van der Waals surface area (Å²) in [7, 11) is 1.53. The summed E-state index contributed by atoms with van der Waals surface area (Å²) in [6, 6.07) is 12.3. The Morgan fingerprint density at radius 1 is 1.10 bits per heavy atom. The van der Waals surface area contributed by atoms with Crippen LogP contribution >= 0.6 is 0 Å². The van der Waals surface area contributed by atoms with Crippen LogP contribution in [0.3, 0.4) is 0 Å². The number of anilines is 1. The SMILES string of the molecule is COc1ccc(C(=O)Nc2cccc(OC(F)F)c2)cc1. The lowest BCUT2D eigenvalue weighted by molar-refractivity contribution is -0.0497. The number of alkyl halides is 2. The molecule has 0 saturated carbocycles. The largest absolute Gasteiger partial charge is 0.497 e. The van der Waals surface area contributed by atoms with Crippen LogP contribution in [0.1, 0.15) is 10.4 Å². The number of carbonyl (C=O) groups excluding carboxylic acids is 1. The smallest absolute Gasteiger partial charge is 0.387 e. The van der Waals surface area contributed by atoms with Crippen LogP contribution < -0.4 is 14.8 Å². The fourth-order valence-electron chi connectivity index (χ4n) is 1.70. The van der Waals surface area contributed by atoms with Crippen molar-refractivity contribution < 1.29 is 23.0 Å². The molecule has 2 rings (SSSR count). The first-order chi connectivity index (χ1) is 10.1. The molecule has 0 fully saturated rings. The second-order valence-corrected chi connectivity index (χ2v) is 4.09. The first-order valence-corrected chi connectivity index (χ1v) is 6.09. The predicted octanol–water partition coefficient (Wildman–Crippen LogP) is 3.55. The van der Waals surface area contributed by atoms with Crippen molar-refractivity contribution in [2.24, 2.45) is 0 Å². The highest BCUT2D eigenvalue weighted by atomic mass is 19.3. The molecular weight excluding hydrogens is 280 g/mol. The van der Waals surface area contributed by atoms with Crippen molar-refractivity contribution in [3.63, 3.8) is 0 Å². The molecule has 0 aliphatic heterocycles. The molecule has 4 nitrogen and oxygen atoms in total. The summed E-state index contributed by atoms with van der Waals surface area (Å²) in [5, 5.41) is 2.60. The van der Waals surface area contributed by atoms with Gasteiger partial charge in [-0.1, -0.05) is 6.07 Å². The quantitative estimate of drug-likeness (QED) is 0.917. The first-order valence-electron chi connectivity index (χ1n) is 6.09. The monoisotopic (exact) mass is 293 g/mol. The van der Waals surface area contributed by atoms with Crippen LogP contribution in [-0.4, -0.2) is 19.6 Å². The van der Waals surface area contributed by atoms with Crippen molar-refractivity contribution in [1.82, 2.24) is 0 Å². The molecule has 0 aliphatic rings. The molecule has 2 aromatic carbocycles. The van der Waals surface area contributed by atoms with E-state index in [0.717, 1.165) is 0 Å². The standard InChI is InChI=1S/C15H13F2NO3/c1-20-12-7-5-10(6-8-12)14(19)18-11-3-2-4-13(9-11)21-15(16)17/h2-9,15H,1H3,(H,18,19). The Morgan fingerprint density at radius 2 is 1.81 bits per heavy atom. The minimum Gasteiger partial charge on any atom is -0.497 e. The Hall–Kier alpha value is -2.63. The van der Waals surface area contributed by atoms with Crippen LogP contribution in [0.4, 0.5) is 14.5 Å². The van der Waals surface area contributed by atoms with Crippen LogP contribution in [0, 0.1) is 0 Å². The van der Waals surface area contributed by atoms with E-state index in [2.05, 4.69) is 10.1 Å². The van der Waals surface area contributed by atoms with Gasteiger partial charge in [0.05, 0.1) is 7.11 Å². The van der Waals surface area contributed by atoms with Crippen molar-refractivity contribution in [3.8, 4) is 11.5 Å². The van der Waals surface area contributed by atoms with Crippen LogP contribution in [0.2, 0.25) is 0 Å².